The fourth-order valence-electron chi connectivity index (χ4n) is 2.35. The molecule has 0 aliphatic heterocycles. The summed E-state index contributed by atoms with van der Waals surface area (Å²) in [4.78, 5) is 0. The molecule has 110 valence electrons. The molecule has 2 rings (SSSR count). The van der Waals surface area contributed by atoms with Crippen LogP contribution in [0.4, 0.5) is 5.69 Å². The highest BCUT2D eigenvalue weighted by Gasteiger charge is 2.18. The van der Waals surface area contributed by atoms with Gasteiger partial charge in [-0.3, -0.25) is 0 Å². The molecular formula is C18H21NO2. The van der Waals surface area contributed by atoms with E-state index < -0.39 is 0 Å². The van der Waals surface area contributed by atoms with Crippen molar-refractivity contribution >= 4 is 5.69 Å². The third-order valence-electron chi connectivity index (χ3n) is 3.33. The average molecular weight is 283 g/mol. The van der Waals surface area contributed by atoms with Gasteiger partial charge in [-0.25, -0.2) is 0 Å². The summed E-state index contributed by atoms with van der Waals surface area (Å²) in [6.45, 7) is 3.85. The molecule has 0 saturated heterocycles. The average Bonchev–Trinajstić information content (AvgIpc) is 2.54. The van der Waals surface area contributed by atoms with Crippen LogP contribution in [0.25, 0.3) is 0 Å². The molecule has 3 nitrogen and oxygen atoms in total. The van der Waals surface area contributed by atoms with E-state index in [1.807, 2.05) is 54.6 Å². The summed E-state index contributed by atoms with van der Waals surface area (Å²) < 4.78 is 10.9. The van der Waals surface area contributed by atoms with Crippen LogP contribution in [0.2, 0.25) is 0 Å². The van der Waals surface area contributed by atoms with E-state index in [1.165, 1.54) is 0 Å². The van der Waals surface area contributed by atoms with Gasteiger partial charge in [0.05, 0.1) is 20.3 Å². The van der Waals surface area contributed by atoms with Crippen molar-refractivity contribution in [3.63, 3.8) is 0 Å². The first-order valence-corrected chi connectivity index (χ1v) is 6.93. The second kappa shape index (κ2) is 7.39. The van der Waals surface area contributed by atoms with Crippen LogP contribution in [0.3, 0.4) is 0 Å². The summed E-state index contributed by atoms with van der Waals surface area (Å²) >= 11 is 0. The number of anilines is 1. The Balaban J connectivity index is 2.36. The minimum atomic E-state index is 0.0787. The molecule has 0 bridgehead atoms. The number of nitrogens with one attached hydrogen (secondary N) is 1. The molecule has 0 fully saturated rings. The van der Waals surface area contributed by atoms with Crippen LogP contribution < -0.4 is 14.8 Å². The maximum atomic E-state index is 5.53. The van der Waals surface area contributed by atoms with Gasteiger partial charge in [0, 0.05) is 11.3 Å². The maximum absolute atomic E-state index is 5.53. The number of benzene rings is 2. The molecule has 1 N–H and O–H groups in total. The monoisotopic (exact) mass is 283 g/mol. The minimum absolute atomic E-state index is 0.0787. The number of ether oxygens (including phenoxy) is 2. The summed E-state index contributed by atoms with van der Waals surface area (Å²) in [5, 5.41) is 3.52. The molecule has 0 spiro atoms. The zero-order chi connectivity index (χ0) is 15.1. The molecule has 0 unspecified atom stereocenters. The number of methoxy groups -OCH3 is 2. The lowest BCUT2D eigenvalue weighted by Gasteiger charge is -2.22. The van der Waals surface area contributed by atoms with Crippen LogP contribution in [-0.4, -0.2) is 14.2 Å². The zero-order valence-electron chi connectivity index (χ0n) is 12.5. The molecule has 0 aliphatic rings. The van der Waals surface area contributed by atoms with Gasteiger partial charge in [-0.15, -0.1) is 6.58 Å². The predicted molar refractivity (Wildman–Crippen MR) is 87.2 cm³/mol. The lowest BCUT2D eigenvalue weighted by molar-refractivity contribution is 0.350. The molecule has 21 heavy (non-hydrogen) atoms. The molecule has 0 amide bonds. The van der Waals surface area contributed by atoms with Crippen molar-refractivity contribution in [1.82, 2.24) is 0 Å². The Morgan fingerprint density at radius 2 is 1.81 bits per heavy atom. The van der Waals surface area contributed by atoms with Gasteiger partial charge in [-0.2, -0.15) is 0 Å². The Hall–Kier alpha value is -2.42. The van der Waals surface area contributed by atoms with Crippen molar-refractivity contribution in [3.05, 3.63) is 66.7 Å². The number of rotatable bonds is 7. The number of para-hydroxylation sites is 2. The van der Waals surface area contributed by atoms with Crippen LogP contribution in [0.5, 0.6) is 11.5 Å². The molecule has 0 aliphatic carbocycles. The SMILES string of the molecule is C=CC[C@H](Nc1ccccc1)c1cccc(OC)c1OC. The van der Waals surface area contributed by atoms with Crippen LogP contribution >= 0.6 is 0 Å². The van der Waals surface area contributed by atoms with E-state index >= 15 is 0 Å². The molecule has 1 atom stereocenters. The van der Waals surface area contributed by atoms with Gasteiger partial charge in [0.25, 0.3) is 0 Å². The molecular weight excluding hydrogens is 262 g/mol. The second-order valence-corrected chi connectivity index (χ2v) is 4.67. The maximum Gasteiger partial charge on any atom is 0.165 e. The van der Waals surface area contributed by atoms with E-state index in [4.69, 9.17) is 9.47 Å². The fourth-order valence-corrected chi connectivity index (χ4v) is 2.35. The lowest BCUT2D eigenvalue weighted by atomic mass is 10.0. The van der Waals surface area contributed by atoms with Crippen LogP contribution in [-0.2, 0) is 0 Å². The third-order valence-corrected chi connectivity index (χ3v) is 3.33. The summed E-state index contributed by atoms with van der Waals surface area (Å²) in [6.07, 6.45) is 2.69. The molecule has 3 heteroatoms. The largest absolute Gasteiger partial charge is 0.493 e. The Morgan fingerprint density at radius 1 is 1.05 bits per heavy atom. The fraction of sp³-hybridized carbons (Fsp3) is 0.222. The number of hydrogen-bond acceptors (Lipinski definition) is 3. The molecule has 0 saturated carbocycles. The van der Waals surface area contributed by atoms with E-state index in [-0.39, 0.29) is 6.04 Å². The third kappa shape index (κ3) is 3.57. The van der Waals surface area contributed by atoms with E-state index in [0.717, 1.165) is 29.2 Å². The Labute approximate surface area is 126 Å². The Kier molecular flexibility index (Phi) is 5.27. The topological polar surface area (TPSA) is 30.5 Å². The van der Waals surface area contributed by atoms with Gasteiger partial charge in [-0.05, 0) is 24.6 Å². The van der Waals surface area contributed by atoms with Gasteiger partial charge in [0.15, 0.2) is 11.5 Å². The van der Waals surface area contributed by atoms with Crippen molar-refractivity contribution in [2.75, 3.05) is 19.5 Å². The van der Waals surface area contributed by atoms with Crippen molar-refractivity contribution in [2.24, 2.45) is 0 Å². The molecule has 0 heterocycles. The van der Waals surface area contributed by atoms with Gasteiger partial charge in [0.1, 0.15) is 0 Å². The molecule has 0 radical (unpaired) electrons. The summed E-state index contributed by atoms with van der Waals surface area (Å²) in [5.74, 6) is 1.49. The van der Waals surface area contributed by atoms with E-state index in [2.05, 4.69) is 11.9 Å². The summed E-state index contributed by atoms with van der Waals surface area (Å²) in [5.41, 5.74) is 2.12. The highest BCUT2D eigenvalue weighted by molar-refractivity contribution is 5.52. The van der Waals surface area contributed by atoms with E-state index in [9.17, 15) is 0 Å². The van der Waals surface area contributed by atoms with E-state index in [0.29, 0.717) is 0 Å². The summed E-state index contributed by atoms with van der Waals surface area (Å²) in [6, 6.07) is 16.1. The lowest BCUT2D eigenvalue weighted by Crippen LogP contribution is -2.11. The predicted octanol–water partition coefficient (Wildman–Crippen LogP) is 4.43. The molecule has 0 aromatic heterocycles. The van der Waals surface area contributed by atoms with Gasteiger partial charge in [-0.1, -0.05) is 36.4 Å². The van der Waals surface area contributed by atoms with E-state index in [1.54, 1.807) is 14.2 Å². The highest BCUT2D eigenvalue weighted by Crippen LogP contribution is 2.37. The first-order valence-electron chi connectivity index (χ1n) is 6.93. The standard InChI is InChI=1S/C18H21NO2/c1-4-9-16(19-14-10-6-5-7-11-14)15-12-8-13-17(20-2)18(15)21-3/h4-8,10-13,16,19H,1,9H2,2-3H3/t16-/m0/s1. The van der Waals surface area contributed by atoms with Gasteiger partial charge < -0.3 is 14.8 Å². The van der Waals surface area contributed by atoms with Crippen molar-refractivity contribution < 1.29 is 9.47 Å². The quantitative estimate of drug-likeness (QED) is 0.762. The first kappa shape index (κ1) is 15.0. The van der Waals surface area contributed by atoms with Gasteiger partial charge in [0.2, 0.25) is 0 Å². The van der Waals surface area contributed by atoms with Gasteiger partial charge >= 0.3 is 0 Å². The van der Waals surface area contributed by atoms with Crippen LogP contribution in [0.1, 0.15) is 18.0 Å². The second-order valence-electron chi connectivity index (χ2n) is 4.67. The van der Waals surface area contributed by atoms with Crippen LogP contribution in [0.15, 0.2) is 61.2 Å². The zero-order valence-corrected chi connectivity index (χ0v) is 12.5. The smallest absolute Gasteiger partial charge is 0.165 e. The van der Waals surface area contributed by atoms with Crippen molar-refractivity contribution in [2.45, 2.75) is 12.5 Å². The molecule has 2 aromatic carbocycles. The highest BCUT2D eigenvalue weighted by atomic mass is 16.5. The molecule has 2 aromatic rings. The normalized spacial score (nSPS) is 11.5. The Bertz CT molecular complexity index is 581. The summed E-state index contributed by atoms with van der Waals surface area (Å²) in [7, 11) is 3.31. The first-order chi connectivity index (χ1) is 10.3. The van der Waals surface area contributed by atoms with Crippen molar-refractivity contribution in [3.8, 4) is 11.5 Å². The van der Waals surface area contributed by atoms with Crippen LogP contribution in [0, 0.1) is 0 Å². The number of hydrogen-bond donors (Lipinski definition) is 1. The minimum Gasteiger partial charge on any atom is -0.493 e. The Morgan fingerprint density at radius 3 is 2.43 bits per heavy atom. The van der Waals surface area contributed by atoms with Crippen molar-refractivity contribution in [1.29, 1.82) is 0 Å².